The Kier molecular flexibility index (Phi) is 3.50. The Morgan fingerprint density at radius 1 is 1.47 bits per heavy atom. The zero-order valence-corrected chi connectivity index (χ0v) is 7.59. The number of carbonyl (C=O) groups is 1. The van der Waals surface area contributed by atoms with E-state index in [4.69, 9.17) is 10.4 Å². The highest BCUT2D eigenvalue weighted by Gasteiger charge is 2.21. The molecule has 0 radical (unpaired) electrons. The zero-order valence-electron chi connectivity index (χ0n) is 7.59. The highest BCUT2D eigenvalue weighted by atomic mass is 19.1. The van der Waals surface area contributed by atoms with Crippen LogP contribution in [-0.2, 0) is 0 Å². The largest absolute Gasteiger partial charge is 0.384 e. The summed E-state index contributed by atoms with van der Waals surface area (Å²) in [6, 6.07) is 4.70. The number of benzene rings is 1. The van der Waals surface area contributed by atoms with Gasteiger partial charge in [-0.25, -0.2) is 4.39 Å². The van der Waals surface area contributed by atoms with Gasteiger partial charge >= 0.3 is 0 Å². The molecule has 2 unspecified atom stereocenters. The third-order valence-electron chi connectivity index (χ3n) is 1.91. The SMILES string of the molecule is N#CC(O)C(O)c1cc(C=O)ccc1F. The van der Waals surface area contributed by atoms with Crippen LogP contribution in [0.5, 0.6) is 0 Å². The van der Waals surface area contributed by atoms with Crippen LogP contribution in [0, 0.1) is 17.1 Å². The lowest BCUT2D eigenvalue weighted by Crippen LogP contribution is -2.17. The molecule has 0 bridgehead atoms. The predicted octanol–water partition coefficient (Wildman–Crippen LogP) is 0.556. The van der Waals surface area contributed by atoms with Crippen molar-refractivity contribution >= 4 is 6.29 Å². The number of nitrogens with zero attached hydrogens (tertiary/aromatic N) is 1. The first-order chi connectivity index (χ1) is 7.10. The third-order valence-corrected chi connectivity index (χ3v) is 1.91. The average molecular weight is 209 g/mol. The molecule has 0 saturated carbocycles. The van der Waals surface area contributed by atoms with E-state index >= 15 is 0 Å². The van der Waals surface area contributed by atoms with Crippen LogP contribution in [-0.4, -0.2) is 22.6 Å². The minimum atomic E-state index is -1.72. The molecule has 78 valence electrons. The Bertz CT molecular complexity index is 414. The summed E-state index contributed by atoms with van der Waals surface area (Å²) < 4.78 is 13.2. The molecule has 0 fully saturated rings. The molecule has 0 aliphatic rings. The summed E-state index contributed by atoms with van der Waals surface area (Å²) in [6.07, 6.45) is -2.90. The van der Waals surface area contributed by atoms with Gasteiger partial charge in [0.1, 0.15) is 18.2 Å². The number of nitriles is 1. The molecule has 2 N–H and O–H groups in total. The van der Waals surface area contributed by atoms with Gasteiger partial charge in [0.25, 0.3) is 0 Å². The summed E-state index contributed by atoms with van der Waals surface area (Å²) in [5.41, 5.74) is -0.107. The minimum absolute atomic E-state index is 0.163. The van der Waals surface area contributed by atoms with Crippen LogP contribution in [0.4, 0.5) is 4.39 Å². The standard InChI is InChI=1S/C10H8FNO3/c11-8-2-1-6(5-13)3-7(8)10(15)9(14)4-12/h1-3,5,9-10,14-15H. The molecule has 15 heavy (non-hydrogen) atoms. The third kappa shape index (κ3) is 2.37. The van der Waals surface area contributed by atoms with Crippen LogP contribution < -0.4 is 0 Å². The van der Waals surface area contributed by atoms with Gasteiger partial charge in [0.15, 0.2) is 6.10 Å². The lowest BCUT2D eigenvalue weighted by atomic mass is 10.0. The lowest BCUT2D eigenvalue weighted by molar-refractivity contribution is 0.0503. The Morgan fingerprint density at radius 3 is 2.67 bits per heavy atom. The van der Waals surface area contributed by atoms with Gasteiger partial charge in [-0.15, -0.1) is 0 Å². The molecule has 5 heteroatoms. The second-order valence-electron chi connectivity index (χ2n) is 2.92. The van der Waals surface area contributed by atoms with E-state index in [0.29, 0.717) is 6.29 Å². The molecule has 1 aromatic carbocycles. The van der Waals surface area contributed by atoms with E-state index in [1.165, 1.54) is 12.1 Å². The van der Waals surface area contributed by atoms with Crippen LogP contribution in [0.1, 0.15) is 22.0 Å². The van der Waals surface area contributed by atoms with Crippen molar-refractivity contribution in [3.63, 3.8) is 0 Å². The first-order valence-corrected chi connectivity index (χ1v) is 4.10. The smallest absolute Gasteiger partial charge is 0.170 e. The van der Waals surface area contributed by atoms with Gasteiger partial charge in [-0.3, -0.25) is 4.79 Å². The van der Waals surface area contributed by atoms with Crippen molar-refractivity contribution in [2.24, 2.45) is 0 Å². The number of rotatable bonds is 3. The van der Waals surface area contributed by atoms with E-state index in [0.717, 1.165) is 12.1 Å². The van der Waals surface area contributed by atoms with E-state index in [1.807, 2.05) is 0 Å². The molecule has 0 heterocycles. The normalized spacial score (nSPS) is 14.0. The van der Waals surface area contributed by atoms with Crippen molar-refractivity contribution in [2.75, 3.05) is 0 Å². The molecule has 0 aliphatic heterocycles. The van der Waals surface area contributed by atoms with Crippen LogP contribution in [0.3, 0.4) is 0 Å². The van der Waals surface area contributed by atoms with Gasteiger partial charge in [0, 0.05) is 11.1 Å². The fourth-order valence-corrected chi connectivity index (χ4v) is 1.10. The molecule has 1 rings (SSSR count). The quantitative estimate of drug-likeness (QED) is 0.562. The summed E-state index contributed by atoms with van der Waals surface area (Å²) in [6.45, 7) is 0. The molecule has 0 saturated heterocycles. The minimum Gasteiger partial charge on any atom is -0.384 e. The molecule has 2 atom stereocenters. The Balaban J connectivity index is 3.13. The maximum absolute atomic E-state index is 13.2. The molecule has 0 amide bonds. The molecular weight excluding hydrogens is 201 g/mol. The molecule has 1 aromatic rings. The monoisotopic (exact) mass is 209 g/mol. The molecule has 4 nitrogen and oxygen atoms in total. The second kappa shape index (κ2) is 4.64. The van der Waals surface area contributed by atoms with Crippen molar-refractivity contribution < 1.29 is 19.4 Å². The molecule has 0 aromatic heterocycles. The Labute approximate surface area is 85.2 Å². The number of hydrogen-bond acceptors (Lipinski definition) is 4. The predicted molar refractivity (Wildman–Crippen MR) is 48.4 cm³/mol. The molecule has 0 aliphatic carbocycles. The number of hydrogen-bond donors (Lipinski definition) is 2. The van der Waals surface area contributed by atoms with Gasteiger partial charge < -0.3 is 10.2 Å². The van der Waals surface area contributed by atoms with Crippen LogP contribution >= 0.6 is 0 Å². The zero-order chi connectivity index (χ0) is 11.4. The maximum Gasteiger partial charge on any atom is 0.170 e. The summed E-state index contributed by atoms with van der Waals surface area (Å²) in [5, 5.41) is 26.7. The summed E-state index contributed by atoms with van der Waals surface area (Å²) in [7, 11) is 0. The topological polar surface area (TPSA) is 81.3 Å². The summed E-state index contributed by atoms with van der Waals surface area (Å²) >= 11 is 0. The Hall–Kier alpha value is -1.77. The first-order valence-electron chi connectivity index (χ1n) is 4.10. The van der Waals surface area contributed by atoms with Gasteiger partial charge in [-0.05, 0) is 18.2 Å². The number of aliphatic hydroxyl groups excluding tert-OH is 2. The van der Waals surface area contributed by atoms with Crippen LogP contribution in [0.15, 0.2) is 18.2 Å². The van der Waals surface area contributed by atoms with Crippen molar-refractivity contribution in [1.29, 1.82) is 5.26 Å². The van der Waals surface area contributed by atoms with E-state index in [1.54, 1.807) is 0 Å². The van der Waals surface area contributed by atoms with Crippen LogP contribution in [0.2, 0.25) is 0 Å². The summed E-state index contributed by atoms with van der Waals surface area (Å²) in [5.74, 6) is -0.776. The fourth-order valence-electron chi connectivity index (χ4n) is 1.10. The first kappa shape index (κ1) is 11.3. The number of aliphatic hydroxyl groups is 2. The number of halogens is 1. The van der Waals surface area contributed by atoms with E-state index < -0.39 is 18.0 Å². The second-order valence-corrected chi connectivity index (χ2v) is 2.92. The highest BCUT2D eigenvalue weighted by Crippen LogP contribution is 2.20. The van der Waals surface area contributed by atoms with E-state index in [9.17, 15) is 14.3 Å². The van der Waals surface area contributed by atoms with Gasteiger partial charge in [0.05, 0.1) is 6.07 Å². The molecule has 0 spiro atoms. The van der Waals surface area contributed by atoms with Gasteiger partial charge in [-0.2, -0.15) is 5.26 Å². The number of aldehydes is 1. The van der Waals surface area contributed by atoms with E-state index in [2.05, 4.69) is 0 Å². The highest BCUT2D eigenvalue weighted by molar-refractivity contribution is 5.75. The van der Waals surface area contributed by atoms with E-state index in [-0.39, 0.29) is 11.1 Å². The summed E-state index contributed by atoms with van der Waals surface area (Å²) in [4.78, 5) is 10.4. The van der Waals surface area contributed by atoms with Gasteiger partial charge in [-0.1, -0.05) is 0 Å². The fraction of sp³-hybridized carbons (Fsp3) is 0.200. The van der Waals surface area contributed by atoms with Crippen molar-refractivity contribution in [1.82, 2.24) is 0 Å². The molecular formula is C10H8FNO3. The number of carbonyl (C=O) groups excluding carboxylic acids is 1. The lowest BCUT2D eigenvalue weighted by Gasteiger charge is -2.12. The van der Waals surface area contributed by atoms with Gasteiger partial charge in [0.2, 0.25) is 0 Å². The van der Waals surface area contributed by atoms with Crippen molar-refractivity contribution in [3.05, 3.63) is 35.1 Å². The van der Waals surface area contributed by atoms with Crippen molar-refractivity contribution in [2.45, 2.75) is 12.2 Å². The van der Waals surface area contributed by atoms with Crippen LogP contribution in [0.25, 0.3) is 0 Å². The average Bonchev–Trinajstić information content (AvgIpc) is 2.27. The maximum atomic E-state index is 13.2. The van der Waals surface area contributed by atoms with Crippen molar-refractivity contribution in [3.8, 4) is 6.07 Å². The Morgan fingerprint density at radius 2 is 2.13 bits per heavy atom.